The number of ether oxygens (including phenoxy) is 3. The summed E-state index contributed by atoms with van der Waals surface area (Å²) in [6, 6.07) is 5.99. The average molecular weight is 410 g/mol. The zero-order valence-electron chi connectivity index (χ0n) is 17.1. The fourth-order valence-electron chi connectivity index (χ4n) is 3.62. The monoisotopic (exact) mass is 410 g/mol. The molecule has 1 aliphatic heterocycles. The van der Waals surface area contributed by atoms with Gasteiger partial charge in [0.15, 0.2) is 5.79 Å². The first-order chi connectivity index (χ1) is 14.6. The quantitative estimate of drug-likeness (QED) is 0.634. The Morgan fingerprint density at radius 2 is 2.13 bits per heavy atom. The highest BCUT2D eigenvalue weighted by Gasteiger charge is 2.42. The van der Waals surface area contributed by atoms with Gasteiger partial charge in [0.05, 0.1) is 19.5 Å². The fraction of sp³-hybridized carbons (Fsp3) is 0.375. The molecule has 1 fully saturated rings. The summed E-state index contributed by atoms with van der Waals surface area (Å²) in [6.07, 6.45) is 17.6. The largest absolute Gasteiger partial charge is 0.491 e. The highest BCUT2D eigenvalue weighted by atomic mass is 19.1. The topological polar surface area (TPSA) is 45.5 Å². The van der Waals surface area contributed by atoms with Crippen LogP contribution in [0.3, 0.4) is 0 Å². The minimum Gasteiger partial charge on any atom is -0.491 e. The molecule has 6 heteroatoms. The van der Waals surface area contributed by atoms with Crippen LogP contribution in [0.2, 0.25) is 0 Å². The van der Waals surface area contributed by atoms with Crippen LogP contribution >= 0.6 is 0 Å². The molecule has 158 valence electrons. The van der Waals surface area contributed by atoms with Gasteiger partial charge in [-0.2, -0.15) is 0 Å². The summed E-state index contributed by atoms with van der Waals surface area (Å²) in [5, 5.41) is 0. The molecule has 0 N–H and O–H groups in total. The predicted octanol–water partition coefficient (Wildman–Crippen LogP) is 4.68. The van der Waals surface area contributed by atoms with Gasteiger partial charge in [0.25, 0.3) is 0 Å². The van der Waals surface area contributed by atoms with Crippen molar-refractivity contribution in [2.45, 2.75) is 38.2 Å². The molecule has 2 heterocycles. The number of halogens is 1. The van der Waals surface area contributed by atoms with E-state index in [0.717, 1.165) is 12.8 Å². The third-order valence-corrected chi connectivity index (χ3v) is 5.28. The summed E-state index contributed by atoms with van der Waals surface area (Å²) >= 11 is 0. The molecule has 0 spiro atoms. The molecule has 3 atom stereocenters. The van der Waals surface area contributed by atoms with Crippen molar-refractivity contribution in [2.75, 3.05) is 13.2 Å². The fourth-order valence-corrected chi connectivity index (χ4v) is 3.62. The van der Waals surface area contributed by atoms with Gasteiger partial charge in [-0.25, -0.2) is 9.37 Å². The summed E-state index contributed by atoms with van der Waals surface area (Å²) in [7, 11) is 0. The van der Waals surface area contributed by atoms with Gasteiger partial charge in [-0.1, -0.05) is 37.3 Å². The Morgan fingerprint density at radius 1 is 1.27 bits per heavy atom. The summed E-state index contributed by atoms with van der Waals surface area (Å²) in [6.45, 7) is 3.52. The van der Waals surface area contributed by atoms with Crippen LogP contribution in [0.5, 0.6) is 5.75 Å². The van der Waals surface area contributed by atoms with Crippen molar-refractivity contribution in [3.8, 4) is 5.75 Å². The number of allylic oxidation sites excluding steroid dienone is 6. The van der Waals surface area contributed by atoms with Crippen molar-refractivity contribution in [1.82, 2.24) is 9.55 Å². The highest BCUT2D eigenvalue weighted by Crippen LogP contribution is 2.33. The molecule has 1 aromatic carbocycles. The Hall–Kier alpha value is -2.70. The number of nitrogens with zero attached hydrogens (tertiary/aromatic N) is 2. The summed E-state index contributed by atoms with van der Waals surface area (Å²) in [4.78, 5) is 4.13. The molecule has 30 heavy (non-hydrogen) atoms. The van der Waals surface area contributed by atoms with E-state index in [1.54, 1.807) is 24.7 Å². The van der Waals surface area contributed by atoms with Gasteiger partial charge in [-0.15, -0.1) is 0 Å². The van der Waals surface area contributed by atoms with E-state index in [1.807, 2.05) is 10.8 Å². The van der Waals surface area contributed by atoms with E-state index in [0.29, 0.717) is 31.4 Å². The molecular weight excluding hydrogens is 383 g/mol. The van der Waals surface area contributed by atoms with Crippen LogP contribution in [0, 0.1) is 11.7 Å². The summed E-state index contributed by atoms with van der Waals surface area (Å²) < 4.78 is 33.4. The Kier molecular flexibility index (Phi) is 6.45. The van der Waals surface area contributed by atoms with Crippen LogP contribution in [-0.2, 0) is 16.0 Å². The maximum absolute atomic E-state index is 13.1. The molecule has 4 rings (SSSR count). The lowest BCUT2D eigenvalue weighted by molar-refractivity contribution is -0.184. The minimum absolute atomic E-state index is 0.197. The summed E-state index contributed by atoms with van der Waals surface area (Å²) in [5.74, 6) is 0.0223. The Morgan fingerprint density at radius 3 is 2.93 bits per heavy atom. The molecule has 1 unspecified atom stereocenters. The molecule has 0 saturated carbocycles. The molecule has 1 saturated heterocycles. The Labute approximate surface area is 176 Å². The third kappa shape index (κ3) is 5.46. The number of rotatable bonds is 8. The van der Waals surface area contributed by atoms with Crippen molar-refractivity contribution in [3.63, 3.8) is 0 Å². The van der Waals surface area contributed by atoms with Gasteiger partial charge in [0.1, 0.15) is 24.3 Å². The molecule has 2 aromatic rings. The van der Waals surface area contributed by atoms with Crippen LogP contribution in [0.25, 0.3) is 0 Å². The van der Waals surface area contributed by atoms with E-state index in [9.17, 15) is 4.39 Å². The van der Waals surface area contributed by atoms with Crippen LogP contribution in [0.4, 0.5) is 4.39 Å². The first-order valence-corrected chi connectivity index (χ1v) is 10.3. The zero-order valence-corrected chi connectivity index (χ0v) is 17.1. The number of hydrogen-bond acceptors (Lipinski definition) is 4. The van der Waals surface area contributed by atoms with Crippen LogP contribution in [-0.4, -0.2) is 34.7 Å². The van der Waals surface area contributed by atoms with E-state index < -0.39 is 5.79 Å². The molecule has 0 amide bonds. The van der Waals surface area contributed by atoms with Crippen molar-refractivity contribution < 1.29 is 18.6 Å². The molecule has 0 bridgehead atoms. The lowest BCUT2D eigenvalue weighted by Gasteiger charge is -2.29. The van der Waals surface area contributed by atoms with E-state index in [2.05, 4.69) is 42.3 Å². The lowest BCUT2D eigenvalue weighted by atomic mass is 10.0. The normalized spacial score (nSPS) is 25.9. The van der Waals surface area contributed by atoms with Gasteiger partial charge in [0, 0.05) is 18.8 Å². The lowest BCUT2D eigenvalue weighted by Crippen LogP contribution is -2.37. The molecule has 1 aliphatic carbocycles. The van der Waals surface area contributed by atoms with Crippen LogP contribution in [0.15, 0.2) is 78.9 Å². The van der Waals surface area contributed by atoms with Gasteiger partial charge >= 0.3 is 0 Å². The second-order valence-electron chi connectivity index (χ2n) is 7.81. The van der Waals surface area contributed by atoms with Crippen LogP contribution in [0.1, 0.15) is 19.8 Å². The minimum atomic E-state index is -0.742. The van der Waals surface area contributed by atoms with E-state index in [-0.39, 0.29) is 11.9 Å². The van der Waals surface area contributed by atoms with Crippen LogP contribution < -0.4 is 4.74 Å². The standard InChI is InChI=1S/C24H27FN2O3/c1-19-3-2-4-20(6-5-19)11-12-24(17-27-14-13-26-18-27)29-16-23(30-24)15-28-22-9-7-21(25)8-10-22/h2-10,13-14,18-19,23H,11-12,15-17H2,1H3/t19?,23-,24-/m1/s1. The number of hydrogen-bond donors (Lipinski definition) is 0. The average Bonchev–Trinajstić information content (AvgIpc) is 3.34. The number of benzene rings is 1. The van der Waals surface area contributed by atoms with E-state index in [4.69, 9.17) is 14.2 Å². The Balaban J connectivity index is 1.40. The van der Waals surface area contributed by atoms with E-state index in [1.165, 1.54) is 17.7 Å². The highest BCUT2D eigenvalue weighted by molar-refractivity contribution is 5.28. The van der Waals surface area contributed by atoms with Gasteiger partial charge in [0.2, 0.25) is 0 Å². The maximum Gasteiger partial charge on any atom is 0.187 e. The van der Waals surface area contributed by atoms with Crippen molar-refractivity contribution >= 4 is 0 Å². The second-order valence-corrected chi connectivity index (χ2v) is 7.81. The van der Waals surface area contributed by atoms with Gasteiger partial charge in [-0.05, 0) is 42.2 Å². The van der Waals surface area contributed by atoms with E-state index >= 15 is 0 Å². The molecule has 2 aliphatic rings. The molecular formula is C24H27FN2O3. The maximum atomic E-state index is 13.1. The van der Waals surface area contributed by atoms with Gasteiger partial charge in [-0.3, -0.25) is 0 Å². The Bertz CT molecular complexity index is 905. The van der Waals surface area contributed by atoms with Crippen molar-refractivity contribution in [1.29, 1.82) is 0 Å². The second kappa shape index (κ2) is 9.41. The summed E-state index contributed by atoms with van der Waals surface area (Å²) in [5.41, 5.74) is 1.25. The molecule has 0 radical (unpaired) electrons. The van der Waals surface area contributed by atoms with Crippen molar-refractivity contribution in [3.05, 3.63) is 84.8 Å². The molecule has 5 nitrogen and oxygen atoms in total. The van der Waals surface area contributed by atoms with Crippen molar-refractivity contribution in [2.24, 2.45) is 5.92 Å². The third-order valence-electron chi connectivity index (χ3n) is 5.28. The number of imidazole rings is 1. The number of aromatic nitrogens is 2. The molecule has 1 aromatic heterocycles. The SMILES string of the molecule is CC1C=CC=C(CC[C@@]2(Cn3ccnc3)OC[C@@H](COc3ccc(F)cc3)O2)C=C1. The first kappa shape index (κ1) is 20.6. The first-order valence-electron chi connectivity index (χ1n) is 10.3. The predicted molar refractivity (Wildman–Crippen MR) is 112 cm³/mol. The van der Waals surface area contributed by atoms with Gasteiger partial charge < -0.3 is 18.8 Å². The zero-order chi connectivity index (χ0) is 20.8. The smallest absolute Gasteiger partial charge is 0.187 e.